The fourth-order valence-electron chi connectivity index (χ4n) is 2.61. The molecule has 1 saturated carbocycles. The molecule has 0 amide bonds. The number of benzene rings is 1. The second-order valence-electron chi connectivity index (χ2n) is 4.67. The minimum Gasteiger partial charge on any atom is -0.377 e. The van der Waals surface area contributed by atoms with E-state index in [-0.39, 0.29) is 11.4 Å². The predicted molar refractivity (Wildman–Crippen MR) is 71.3 cm³/mol. The molecule has 2 rings (SSSR count). The molecule has 2 atom stereocenters. The maximum atomic E-state index is 12.6. The third kappa shape index (κ3) is 2.75. The number of hydrogen-bond donors (Lipinski definition) is 0. The highest BCUT2D eigenvalue weighted by Crippen LogP contribution is 2.30. The smallest absolute Gasteiger partial charge is 0.183 e. The summed E-state index contributed by atoms with van der Waals surface area (Å²) in [5.74, 6) is 0. The average molecular weight is 268 g/mol. The zero-order chi connectivity index (χ0) is 13.0. The zero-order valence-corrected chi connectivity index (χ0v) is 11.5. The highest BCUT2D eigenvalue weighted by molar-refractivity contribution is 7.92. The van der Waals surface area contributed by atoms with Crippen LogP contribution in [0.3, 0.4) is 0 Å². The van der Waals surface area contributed by atoms with Crippen LogP contribution in [0, 0.1) is 0 Å². The first kappa shape index (κ1) is 13.6. The van der Waals surface area contributed by atoms with Crippen LogP contribution in [0.25, 0.3) is 0 Å². The molecule has 0 N–H and O–H groups in total. The van der Waals surface area contributed by atoms with Gasteiger partial charge in [-0.1, -0.05) is 31.0 Å². The van der Waals surface area contributed by atoms with E-state index < -0.39 is 9.84 Å². The van der Waals surface area contributed by atoms with Crippen molar-refractivity contribution in [2.24, 2.45) is 0 Å². The Morgan fingerprint density at radius 1 is 1.17 bits per heavy atom. The molecule has 1 aliphatic rings. The molecule has 1 unspecified atom stereocenters. The van der Waals surface area contributed by atoms with Gasteiger partial charge in [-0.15, -0.1) is 0 Å². The van der Waals surface area contributed by atoms with Crippen molar-refractivity contribution in [3.63, 3.8) is 0 Å². The Balaban J connectivity index is 2.27. The van der Waals surface area contributed by atoms with E-state index in [1.807, 2.05) is 13.0 Å². The predicted octanol–water partition coefficient (Wildman–Crippen LogP) is 2.81. The third-order valence-corrected chi connectivity index (χ3v) is 5.76. The van der Waals surface area contributed by atoms with Gasteiger partial charge in [-0.2, -0.15) is 0 Å². The van der Waals surface area contributed by atoms with Gasteiger partial charge in [0.2, 0.25) is 0 Å². The van der Waals surface area contributed by atoms with Gasteiger partial charge in [0, 0.05) is 6.61 Å². The lowest BCUT2D eigenvalue weighted by Gasteiger charge is -2.30. The number of sulfone groups is 1. The Morgan fingerprint density at radius 3 is 2.50 bits per heavy atom. The molecule has 100 valence electrons. The van der Waals surface area contributed by atoms with Crippen LogP contribution < -0.4 is 0 Å². The van der Waals surface area contributed by atoms with E-state index in [9.17, 15) is 8.42 Å². The van der Waals surface area contributed by atoms with Crippen molar-refractivity contribution in [1.82, 2.24) is 0 Å². The van der Waals surface area contributed by atoms with Crippen molar-refractivity contribution in [3.8, 4) is 0 Å². The first-order chi connectivity index (χ1) is 8.66. The van der Waals surface area contributed by atoms with E-state index in [0.29, 0.717) is 17.9 Å². The minimum atomic E-state index is -3.26. The molecular formula is C14H20O3S. The van der Waals surface area contributed by atoms with Gasteiger partial charge in [0.15, 0.2) is 9.84 Å². The summed E-state index contributed by atoms with van der Waals surface area (Å²) >= 11 is 0. The van der Waals surface area contributed by atoms with Crippen molar-refractivity contribution >= 4 is 9.84 Å². The van der Waals surface area contributed by atoms with E-state index >= 15 is 0 Å². The molecule has 1 aliphatic carbocycles. The topological polar surface area (TPSA) is 43.4 Å². The lowest BCUT2D eigenvalue weighted by Crippen LogP contribution is -2.38. The minimum absolute atomic E-state index is 0.144. The lowest BCUT2D eigenvalue weighted by atomic mass is 9.97. The molecule has 1 fully saturated rings. The van der Waals surface area contributed by atoms with Crippen LogP contribution in [0.5, 0.6) is 0 Å². The molecule has 1 aromatic rings. The highest BCUT2D eigenvalue weighted by atomic mass is 32.2. The monoisotopic (exact) mass is 268 g/mol. The van der Waals surface area contributed by atoms with Crippen molar-refractivity contribution in [3.05, 3.63) is 30.3 Å². The molecule has 1 aromatic carbocycles. The van der Waals surface area contributed by atoms with E-state index in [0.717, 1.165) is 19.3 Å². The summed E-state index contributed by atoms with van der Waals surface area (Å²) in [4.78, 5) is 0.418. The fraction of sp³-hybridized carbons (Fsp3) is 0.571. The Bertz CT molecular complexity index is 465. The van der Waals surface area contributed by atoms with E-state index in [1.54, 1.807) is 24.3 Å². The van der Waals surface area contributed by atoms with Crippen LogP contribution in [0.4, 0.5) is 0 Å². The fourth-order valence-corrected chi connectivity index (χ4v) is 4.58. The molecular weight excluding hydrogens is 248 g/mol. The summed E-state index contributed by atoms with van der Waals surface area (Å²) < 4.78 is 30.8. The van der Waals surface area contributed by atoms with Crippen molar-refractivity contribution in [2.45, 2.75) is 48.9 Å². The second kappa shape index (κ2) is 5.85. The Labute approximate surface area is 109 Å². The van der Waals surface area contributed by atoms with Crippen LogP contribution in [0.1, 0.15) is 32.6 Å². The lowest BCUT2D eigenvalue weighted by molar-refractivity contribution is 0.0395. The van der Waals surface area contributed by atoms with E-state index in [1.165, 1.54) is 0 Å². The van der Waals surface area contributed by atoms with Gasteiger partial charge in [0.25, 0.3) is 0 Å². The molecule has 0 saturated heterocycles. The van der Waals surface area contributed by atoms with Crippen LogP contribution in [-0.2, 0) is 14.6 Å². The molecule has 3 nitrogen and oxygen atoms in total. The SMILES string of the molecule is CCOC1CCCC[C@H]1S(=O)(=O)c1ccccc1. The molecule has 0 spiro atoms. The maximum absolute atomic E-state index is 12.6. The zero-order valence-electron chi connectivity index (χ0n) is 10.7. The van der Waals surface area contributed by atoms with E-state index in [4.69, 9.17) is 4.74 Å². The summed E-state index contributed by atoms with van der Waals surface area (Å²) in [5, 5.41) is -0.381. The van der Waals surface area contributed by atoms with Gasteiger partial charge in [0.05, 0.1) is 16.2 Å². The average Bonchev–Trinajstić information content (AvgIpc) is 2.41. The van der Waals surface area contributed by atoms with Crippen LogP contribution >= 0.6 is 0 Å². The van der Waals surface area contributed by atoms with Gasteiger partial charge in [0.1, 0.15) is 0 Å². The Morgan fingerprint density at radius 2 is 1.83 bits per heavy atom. The Hall–Kier alpha value is -0.870. The summed E-state index contributed by atoms with van der Waals surface area (Å²) in [6.45, 7) is 2.49. The summed E-state index contributed by atoms with van der Waals surface area (Å²) in [5.41, 5.74) is 0. The Kier molecular flexibility index (Phi) is 4.40. The largest absolute Gasteiger partial charge is 0.377 e. The number of ether oxygens (including phenoxy) is 1. The van der Waals surface area contributed by atoms with Gasteiger partial charge >= 0.3 is 0 Å². The summed E-state index contributed by atoms with van der Waals surface area (Å²) in [7, 11) is -3.26. The molecule has 4 heteroatoms. The quantitative estimate of drug-likeness (QED) is 0.843. The van der Waals surface area contributed by atoms with Gasteiger partial charge < -0.3 is 4.74 Å². The standard InChI is InChI=1S/C14H20O3S/c1-2-17-13-10-6-7-11-14(13)18(15,16)12-8-4-3-5-9-12/h3-5,8-9,13-14H,2,6-7,10-11H2,1H3/t13?,14-/m1/s1. The molecule has 0 aromatic heterocycles. The summed E-state index contributed by atoms with van der Waals surface area (Å²) in [6.07, 6.45) is 3.45. The highest BCUT2D eigenvalue weighted by Gasteiger charge is 2.36. The van der Waals surface area contributed by atoms with Gasteiger partial charge in [-0.3, -0.25) is 0 Å². The van der Waals surface area contributed by atoms with Crippen LogP contribution in [-0.4, -0.2) is 26.4 Å². The molecule has 0 radical (unpaired) electrons. The second-order valence-corrected chi connectivity index (χ2v) is 6.84. The van der Waals surface area contributed by atoms with Crippen molar-refractivity contribution in [2.75, 3.05) is 6.61 Å². The summed E-state index contributed by atoms with van der Waals surface area (Å²) in [6, 6.07) is 8.72. The normalized spacial score (nSPS) is 24.9. The maximum Gasteiger partial charge on any atom is 0.183 e. The third-order valence-electron chi connectivity index (χ3n) is 3.49. The van der Waals surface area contributed by atoms with Gasteiger partial charge in [-0.25, -0.2) is 8.42 Å². The molecule has 0 bridgehead atoms. The van der Waals surface area contributed by atoms with Crippen molar-refractivity contribution < 1.29 is 13.2 Å². The van der Waals surface area contributed by atoms with E-state index in [2.05, 4.69) is 0 Å². The van der Waals surface area contributed by atoms with Crippen molar-refractivity contribution in [1.29, 1.82) is 0 Å². The first-order valence-electron chi connectivity index (χ1n) is 6.57. The van der Waals surface area contributed by atoms with Crippen LogP contribution in [0.2, 0.25) is 0 Å². The molecule has 0 aliphatic heterocycles. The van der Waals surface area contributed by atoms with Gasteiger partial charge in [-0.05, 0) is 31.9 Å². The van der Waals surface area contributed by atoms with Crippen LogP contribution in [0.15, 0.2) is 35.2 Å². The molecule has 0 heterocycles. The molecule has 18 heavy (non-hydrogen) atoms. The number of rotatable bonds is 4. The number of hydrogen-bond acceptors (Lipinski definition) is 3. The first-order valence-corrected chi connectivity index (χ1v) is 8.11.